The third kappa shape index (κ3) is 5.06. The van der Waals surface area contributed by atoms with Crippen molar-refractivity contribution in [3.8, 4) is 33.4 Å². The number of nitrogens with zero attached hydrogens (tertiary/aromatic N) is 1. The molecule has 11 aromatic rings. The van der Waals surface area contributed by atoms with Gasteiger partial charge in [-0.15, -0.1) is 0 Å². The van der Waals surface area contributed by atoms with Gasteiger partial charge in [0, 0.05) is 38.5 Å². The molecule has 0 saturated heterocycles. The lowest BCUT2D eigenvalue weighted by atomic mass is 9.82. The molecular formula is C57H39NO. The van der Waals surface area contributed by atoms with Gasteiger partial charge in [-0.1, -0.05) is 159 Å². The predicted octanol–water partition coefficient (Wildman–Crippen LogP) is 16.2. The molecule has 0 atom stereocenters. The third-order valence-corrected chi connectivity index (χ3v) is 12.8. The molecular weight excluding hydrogens is 715 g/mol. The van der Waals surface area contributed by atoms with Gasteiger partial charge in [0.15, 0.2) is 0 Å². The van der Waals surface area contributed by atoms with E-state index in [2.05, 4.69) is 213 Å². The van der Waals surface area contributed by atoms with E-state index < -0.39 is 0 Å². The van der Waals surface area contributed by atoms with Crippen molar-refractivity contribution in [2.45, 2.75) is 19.3 Å². The van der Waals surface area contributed by atoms with Crippen molar-refractivity contribution in [2.75, 3.05) is 4.90 Å². The number of hydrogen-bond donors (Lipinski definition) is 0. The largest absolute Gasteiger partial charge is 0.456 e. The average Bonchev–Trinajstić information content (AvgIpc) is 3.78. The van der Waals surface area contributed by atoms with Gasteiger partial charge >= 0.3 is 0 Å². The number of hydrogen-bond acceptors (Lipinski definition) is 2. The zero-order valence-corrected chi connectivity index (χ0v) is 32.9. The molecule has 1 aromatic heterocycles. The molecule has 2 nitrogen and oxygen atoms in total. The lowest BCUT2D eigenvalue weighted by molar-refractivity contribution is 0.660. The first-order valence-corrected chi connectivity index (χ1v) is 20.5. The zero-order chi connectivity index (χ0) is 39.2. The van der Waals surface area contributed by atoms with E-state index in [0.29, 0.717) is 0 Å². The van der Waals surface area contributed by atoms with Crippen molar-refractivity contribution in [1.29, 1.82) is 0 Å². The highest BCUT2D eigenvalue weighted by Gasteiger charge is 2.36. The molecule has 1 aliphatic rings. The summed E-state index contributed by atoms with van der Waals surface area (Å²) < 4.78 is 6.41. The highest BCUT2D eigenvalue weighted by atomic mass is 16.3. The SMILES string of the molecule is CC1(C)c2ccccc2-c2ccc(N(c3cccc(-c4ccc5c6ccccc6c6c(ccc7oc8ccccc8c76)c5c4)c3)c3ccccc3-c3ccccc3)cc21. The highest BCUT2D eigenvalue weighted by molar-refractivity contribution is 6.34. The third-order valence-electron chi connectivity index (χ3n) is 12.8. The molecule has 278 valence electrons. The quantitative estimate of drug-likeness (QED) is 0.163. The highest BCUT2D eigenvalue weighted by Crippen LogP contribution is 2.52. The Balaban J connectivity index is 1.07. The molecule has 10 aromatic carbocycles. The second-order valence-corrected chi connectivity index (χ2v) is 16.4. The monoisotopic (exact) mass is 753 g/mol. The van der Waals surface area contributed by atoms with E-state index in [1.54, 1.807) is 0 Å². The van der Waals surface area contributed by atoms with Crippen LogP contribution in [0, 0.1) is 0 Å². The summed E-state index contributed by atoms with van der Waals surface area (Å²) in [7, 11) is 0. The van der Waals surface area contributed by atoms with Crippen LogP contribution in [0.3, 0.4) is 0 Å². The van der Waals surface area contributed by atoms with Crippen LogP contribution in [-0.4, -0.2) is 0 Å². The van der Waals surface area contributed by atoms with Crippen LogP contribution in [0.5, 0.6) is 0 Å². The molecule has 0 fully saturated rings. The van der Waals surface area contributed by atoms with E-state index >= 15 is 0 Å². The molecule has 0 bridgehead atoms. The Labute approximate surface area is 343 Å². The minimum atomic E-state index is -0.124. The van der Waals surface area contributed by atoms with Gasteiger partial charge in [-0.05, 0) is 120 Å². The molecule has 0 amide bonds. The molecule has 0 N–H and O–H groups in total. The Morgan fingerprint density at radius 2 is 0.983 bits per heavy atom. The summed E-state index contributed by atoms with van der Waals surface area (Å²) in [6, 6.07) is 73.2. The Kier molecular flexibility index (Phi) is 7.31. The lowest BCUT2D eigenvalue weighted by Crippen LogP contribution is -2.17. The topological polar surface area (TPSA) is 16.4 Å². The number of anilines is 3. The van der Waals surface area contributed by atoms with Gasteiger partial charge in [0.25, 0.3) is 0 Å². The maximum Gasteiger partial charge on any atom is 0.136 e. The minimum Gasteiger partial charge on any atom is -0.456 e. The maximum absolute atomic E-state index is 6.41. The summed E-state index contributed by atoms with van der Waals surface area (Å²) in [6.45, 7) is 4.72. The summed E-state index contributed by atoms with van der Waals surface area (Å²) in [5.41, 5.74) is 15.2. The van der Waals surface area contributed by atoms with Gasteiger partial charge in [-0.25, -0.2) is 0 Å². The number of fused-ring (bicyclic) bond motifs is 13. The van der Waals surface area contributed by atoms with Crippen molar-refractivity contribution < 1.29 is 4.42 Å². The van der Waals surface area contributed by atoms with Gasteiger partial charge in [-0.3, -0.25) is 0 Å². The molecule has 0 saturated carbocycles. The molecule has 2 heteroatoms. The van der Waals surface area contributed by atoms with Crippen molar-refractivity contribution >= 4 is 71.3 Å². The van der Waals surface area contributed by atoms with Crippen molar-refractivity contribution in [3.63, 3.8) is 0 Å². The molecule has 0 radical (unpaired) electrons. The average molecular weight is 754 g/mol. The number of para-hydroxylation sites is 2. The Hall–Kier alpha value is -7.42. The van der Waals surface area contributed by atoms with Crippen LogP contribution in [-0.2, 0) is 5.41 Å². The van der Waals surface area contributed by atoms with Gasteiger partial charge in [0.2, 0.25) is 0 Å². The number of rotatable bonds is 5. The van der Waals surface area contributed by atoms with Gasteiger partial charge in [-0.2, -0.15) is 0 Å². The molecule has 0 spiro atoms. The van der Waals surface area contributed by atoms with Crippen molar-refractivity contribution in [3.05, 3.63) is 211 Å². The standard InChI is InChI=1S/C57H39NO/c1-57(2)50-24-11-8-21-44(50)45-30-28-40(35-51(45)57)58(52-25-12-9-19-41(52)36-15-4-3-5-16-36)39-18-14-17-37(33-39)38-27-29-43-42-20-6-7-22-46(42)55-47(49(43)34-38)31-32-54-56(55)48-23-10-13-26-53(48)59-54/h3-35H,1-2H3. The fraction of sp³-hybridized carbons (Fsp3) is 0.0526. The first kappa shape index (κ1) is 33.7. The molecule has 12 rings (SSSR count). The lowest BCUT2D eigenvalue weighted by Gasteiger charge is -2.30. The smallest absolute Gasteiger partial charge is 0.136 e. The fourth-order valence-corrected chi connectivity index (χ4v) is 10.1. The van der Waals surface area contributed by atoms with Gasteiger partial charge in [0.05, 0.1) is 5.69 Å². The Morgan fingerprint density at radius 3 is 1.86 bits per heavy atom. The number of furan rings is 1. The van der Waals surface area contributed by atoms with Crippen molar-refractivity contribution in [1.82, 2.24) is 0 Å². The van der Waals surface area contributed by atoms with E-state index in [-0.39, 0.29) is 5.41 Å². The predicted molar refractivity (Wildman–Crippen MR) is 249 cm³/mol. The second-order valence-electron chi connectivity index (χ2n) is 16.4. The molecule has 1 aliphatic carbocycles. The van der Waals surface area contributed by atoms with Crippen LogP contribution in [0.25, 0.3) is 87.6 Å². The van der Waals surface area contributed by atoms with Gasteiger partial charge < -0.3 is 9.32 Å². The van der Waals surface area contributed by atoms with Crippen LogP contribution in [0.15, 0.2) is 205 Å². The van der Waals surface area contributed by atoms with E-state index in [9.17, 15) is 0 Å². The summed E-state index contributed by atoms with van der Waals surface area (Å²) in [6.07, 6.45) is 0. The van der Waals surface area contributed by atoms with Crippen LogP contribution in [0.4, 0.5) is 17.1 Å². The van der Waals surface area contributed by atoms with Crippen molar-refractivity contribution in [2.24, 2.45) is 0 Å². The van der Waals surface area contributed by atoms with Crippen LogP contribution < -0.4 is 4.90 Å². The van der Waals surface area contributed by atoms with Crippen LogP contribution >= 0.6 is 0 Å². The van der Waals surface area contributed by atoms with E-state index in [1.165, 1.54) is 76.6 Å². The Morgan fingerprint density at radius 1 is 0.356 bits per heavy atom. The summed E-state index contributed by atoms with van der Waals surface area (Å²) in [4.78, 5) is 2.45. The molecule has 0 unspecified atom stereocenters. The summed E-state index contributed by atoms with van der Waals surface area (Å²) in [5.74, 6) is 0. The maximum atomic E-state index is 6.41. The molecule has 0 aliphatic heterocycles. The fourth-order valence-electron chi connectivity index (χ4n) is 10.1. The second kappa shape index (κ2) is 12.8. The van der Waals surface area contributed by atoms with Crippen LogP contribution in [0.1, 0.15) is 25.0 Å². The van der Waals surface area contributed by atoms with Crippen LogP contribution in [0.2, 0.25) is 0 Å². The van der Waals surface area contributed by atoms with Gasteiger partial charge in [0.1, 0.15) is 11.2 Å². The summed E-state index contributed by atoms with van der Waals surface area (Å²) >= 11 is 0. The minimum absolute atomic E-state index is 0.124. The normalized spacial score (nSPS) is 13.1. The molecule has 59 heavy (non-hydrogen) atoms. The first-order chi connectivity index (χ1) is 29.0. The summed E-state index contributed by atoms with van der Waals surface area (Å²) in [5, 5.41) is 9.78. The molecule has 1 heterocycles. The van der Waals surface area contributed by atoms with E-state index in [0.717, 1.165) is 39.2 Å². The van der Waals surface area contributed by atoms with E-state index in [1.807, 2.05) is 6.07 Å². The van der Waals surface area contributed by atoms with E-state index in [4.69, 9.17) is 4.42 Å². The first-order valence-electron chi connectivity index (χ1n) is 20.5. The Bertz CT molecular complexity index is 3480. The number of benzene rings is 10. The zero-order valence-electron chi connectivity index (χ0n) is 32.9.